The van der Waals surface area contributed by atoms with Gasteiger partial charge in [0.25, 0.3) is 0 Å². The molecule has 5 heteroatoms. The number of halogens is 1. The average Bonchev–Trinajstić information content (AvgIpc) is 3.07. The van der Waals surface area contributed by atoms with Crippen molar-refractivity contribution in [2.45, 2.75) is 18.9 Å². The summed E-state index contributed by atoms with van der Waals surface area (Å²) in [6.45, 7) is 0. The molecule has 0 radical (unpaired) electrons. The van der Waals surface area contributed by atoms with Crippen LogP contribution in [0.3, 0.4) is 0 Å². The van der Waals surface area contributed by atoms with Gasteiger partial charge < -0.3 is 4.90 Å². The third-order valence-corrected chi connectivity index (χ3v) is 4.31. The van der Waals surface area contributed by atoms with E-state index in [1.54, 1.807) is 11.3 Å². The maximum Gasteiger partial charge on any atom is 0.185 e. The van der Waals surface area contributed by atoms with Crippen molar-refractivity contribution in [3.63, 3.8) is 0 Å². The molecule has 17 heavy (non-hydrogen) atoms. The first-order valence-corrected chi connectivity index (χ1v) is 7.21. The largest absolute Gasteiger partial charge is 0.348 e. The van der Waals surface area contributed by atoms with Gasteiger partial charge in [0.2, 0.25) is 0 Å². The highest BCUT2D eigenvalue weighted by Gasteiger charge is 2.28. The van der Waals surface area contributed by atoms with Crippen LogP contribution < -0.4 is 4.90 Å². The summed E-state index contributed by atoms with van der Waals surface area (Å²) >= 11 is 5.04. The second-order valence-electron chi connectivity index (χ2n) is 4.23. The van der Waals surface area contributed by atoms with Crippen LogP contribution in [0, 0.1) is 0 Å². The minimum absolute atomic E-state index is 0.706. The lowest BCUT2D eigenvalue weighted by Gasteiger charge is -2.13. The Bertz CT molecular complexity index is 519. The molecule has 88 valence electrons. The number of thiazole rings is 1. The molecule has 2 aromatic rings. The van der Waals surface area contributed by atoms with Crippen molar-refractivity contribution >= 4 is 32.4 Å². The van der Waals surface area contributed by atoms with Crippen molar-refractivity contribution in [2.24, 2.45) is 0 Å². The van der Waals surface area contributed by atoms with Gasteiger partial charge in [0.1, 0.15) is 4.60 Å². The molecule has 2 aromatic heterocycles. The lowest BCUT2D eigenvalue weighted by Crippen LogP contribution is -2.18. The first kappa shape index (κ1) is 11.2. The zero-order valence-corrected chi connectivity index (χ0v) is 11.8. The lowest BCUT2D eigenvalue weighted by molar-refractivity contribution is 0.909. The quantitative estimate of drug-likeness (QED) is 0.812. The van der Waals surface area contributed by atoms with Crippen molar-refractivity contribution in [3.05, 3.63) is 28.3 Å². The van der Waals surface area contributed by atoms with Crippen molar-refractivity contribution < 1.29 is 0 Å². The standard InChI is InChI=1S/C12H12BrN3S/c1-16(9-3-4-9)12-15-10(7-17-12)8-2-5-11(13)14-6-8/h2,5-7,9H,3-4H2,1H3. The van der Waals surface area contributed by atoms with Crippen LogP contribution in [0.2, 0.25) is 0 Å². The highest BCUT2D eigenvalue weighted by molar-refractivity contribution is 9.10. The zero-order chi connectivity index (χ0) is 11.8. The van der Waals surface area contributed by atoms with Gasteiger partial charge in [-0.2, -0.15) is 0 Å². The Hall–Kier alpha value is -0.940. The number of hydrogen-bond donors (Lipinski definition) is 0. The molecule has 0 unspecified atom stereocenters. The summed E-state index contributed by atoms with van der Waals surface area (Å²) in [6, 6.07) is 4.68. The summed E-state index contributed by atoms with van der Waals surface area (Å²) in [5.74, 6) is 0. The van der Waals surface area contributed by atoms with Gasteiger partial charge in [-0.15, -0.1) is 11.3 Å². The smallest absolute Gasteiger partial charge is 0.185 e. The molecule has 3 rings (SSSR count). The van der Waals surface area contributed by atoms with E-state index in [0.29, 0.717) is 6.04 Å². The van der Waals surface area contributed by atoms with E-state index in [1.165, 1.54) is 12.8 Å². The van der Waals surface area contributed by atoms with Crippen molar-refractivity contribution in [1.82, 2.24) is 9.97 Å². The van der Waals surface area contributed by atoms with E-state index in [4.69, 9.17) is 0 Å². The van der Waals surface area contributed by atoms with Crippen LogP contribution in [0.4, 0.5) is 5.13 Å². The van der Waals surface area contributed by atoms with Crippen LogP contribution in [-0.4, -0.2) is 23.1 Å². The molecule has 0 spiro atoms. The van der Waals surface area contributed by atoms with Crippen LogP contribution in [0.25, 0.3) is 11.3 Å². The fraction of sp³-hybridized carbons (Fsp3) is 0.333. The zero-order valence-electron chi connectivity index (χ0n) is 9.43. The Labute approximate surface area is 113 Å². The number of pyridine rings is 1. The number of anilines is 1. The van der Waals surface area contributed by atoms with E-state index in [1.807, 2.05) is 18.3 Å². The second-order valence-corrected chi connectivity index (χ2v) is 5.88. The molecular formula is C12H12BrN3S. The van der Waals surface area contributed by atoms with Gasteiger partial charge in [0.15, 0.2) is 5.13 Å². The number of nitrogens with zero attached hydrogens (tertiary/aromatic N) is 3. The van der Waals surface area contributed by atoms with E-state index >= 15 is 0 Å². The molecule has 0 aliphatic heterocycles. The maximum absolute atomic E-state index is 4.66. The number of rotatable bonds is 3. The number of hydrogen-bond acceptors (Lipinski definition) is 4. The predicted molar refractivity (Wildman–Crippen MR) is 74.5 cm³/mol. The van der Waals surface area contributed by atoms with Gasteiger partial charge in [-0.05, 0) is 40.9 Å². The number of aromatic nitrogens is 2. The second kappa shape index (κ2) is 4.38. The summed E-state index contributed by atoms with van der Waals surface area (Å²) in [7, 11) is 2.13. The predicted octanol–water partition coefficient (Wildman–Crippen LogP) is 3.57. The van der Waals surface area contributed by atoms with Gasteiger partial charge in [0, 0.05) is 30.2 Å². The minimum atomic E-state index is 0.706. The molecule has 1 aliphatic carbocycles. The van der Waals surface area contributed by atoms with E-state index in [-0.39, 0.29) is 0 Å². The van der Waals surface area contributed by atoms with E-state index in [9.17, 15) is 0 Å². The fourth-order valence-electron chi connectivity index (χ4n) is 1.70. The van der Waals surface area contributed by atoms with Crippen LogP contribution >= 0.6 is 27.3 Å². The van der Waals surface area contributed by atoms with Crippen LogP contribution in [0.15, 0.2) is 28.3 Å². The molecule has 0 N–H and O–H groups in total. The Balaban J connectivity index is 1.86. The Morgan fingerprint density at radius 2 is 2.24 bits per heavy atom. The normalized spacial score (nSPS) is 14.9. The molecule has 3 nitrogen and oxygen atoms in total. The van der Waals surface area contributed by atoms with Gasteiger partial charge in [-0.1, -0.05) is 0 Å². The van der Waals surface area contributed by atoms with E-state index in [2.05, 4.69) is 43.2 Å². The molecule has 1 aliphatic rings. The molecule has 2 heterocycles. The fourth-order valence-corrected chi connectivity index (χ4v) is 2.81. The summed E-state index contributed by atoms with van der Waals surface area (Å²) < 4.78 is 0.854. The third kappa shape index (κ3) is 2.35. The van der Waals surface area contributed by atoms with Crippen molar-refractivity contribution in [3.8, 4) is 11.3 Å². The van der Waals surface area contributed by atoms with Crippen LogP contribution in [0.5, 0.6) is 0 Å². The maximum atomic E-state index is 4.66. The summed E-state index contributed by atoms with van der Waals surface area (Å²) in [6.07, 6.45) is 4.44. The third-order valence-electron chi connectivity index (χ3n) is 2.91. The average molecular weight is 310 g/mol. The van der Waals surface area contributed by atoms with E-state index < -0.39 is 0 Å². The van der Waals surface area contributed by atoms with Crippen molar-refractivity contribution in [2.75, 3.05) is 11.9 Å². The van der Waals surface area contributed by atoms with Crippen LogP contribution in [0.1, 0.15) is 12.8 Å². The molecule has 0 amide bonds. The van der Waals surface area contributed by atoms with Crippen molar-refractivity contribution in [1.29, 1.82) is 0 Å². The highest BCUT2D eigenvalue weighted by atomic mass is 79.9. The first-order valence-electron chi connectivity index (χ1n) is 5.54. The Morgan fingerprint density at radius 1 is 1.41 bits per heavy atom. The molecule has 1 fully saturated rings. The van der Waals surface area contributed by atoms with E-state index in [0.717, 1.165) is 21.0 Å². The molecule has 1 saturated carbocycles. The molecular weight excluding hydrogens is 298 g/mol. The highest BCUT2D eigenvalue weighted by Crippen LogP contribution is 2.34. The van der Waals surface area contributed by atoms with Gasteiger partial charge in [0.05, 0.1) is 5.69 Å². The topological polar surface area (TPSA) is 29.0 Å². The van der Waals surface area contributed by atoms with Gasteiger partial charge in [-0.25, -0.2) is 9.97 Å². The SMILES string of the molecule is CN(c1nc(-c2ccc(Br)nc2)cs1)C1CC1. The monoisotopic (exact) mass is 309 g/mol. The first-order chi connectivity index (χ1) is 8.24. The van der Waals surface area contributed by atoms with Gasteiger partial charge in [-0.3, -0.25) is 0 Å². The summed E-state index contributed by atoms with van der Waals surface area (Å²) in [4.78, 5) is 11.2. The lowest BCUT2D eigenvalue weighted by atomic mass is 10.2. The Kier molecular flexibility index (Phi) is 2.88. The molecule has 0 saturated heterocycles. The molecule has 0 bridgehead atoms. The minimum Gasteiger partial charge on any atom is -0.348 e. The summed E-state index contributed by atoms with van der Waals surface area (Å²) in [5.41, 5.74) is 2.08. The molecule has 0 atom stereocenters. The van der Waals surface area contributed by atoms with Gasteiger partial charge >= 0.3 is 0 Å². The van der Waals surface area contributed by atoms with Crippen LogP contribution in [-0.2, 0) is 0 Å². The molecule has 0 aromatic carbocycles. The summed E-state index contributed by atoms with van der Waals surface area (Å²) in [5, 5.41) is 3.20. The Morgan fingerprint density at radius 3 is 2.88 bits per heavy atom.